The van der Waals surface area contributed by atoms with Crippen LogP contribution in [0.15, 0.2) is 24.3 Å². The van der Waals surface area contributed by atoms with E-state index in [4.69, 9.17) is 9.47 Å². The SMILES string of the molecule is O=C(N[C@H]1CCOc2ccccc21)[C@@H]1COCCN1. The van der Waals surface area contributed by atoms with Crippen LogP contribution in [0.3, 0.4) is 0 Å². The Morgan fingerprint density at radius 3 is 3.05 bits per heavy atom. The number of hydrogen-bond donors (Lipinski definition) is 2. The molecule has 5 nitrogen and oxygen atoms in total. The zero-order valence-electron chi connectivity index (χ0n) is 10.7. The topological polar surface area (TPSA) is 59.6 Å². The number of nitrogens with one attached hydrogen (secondary N) is 2. The minimum absolute atomic E-state index is 0.00130. The zero-order chi connectivity index (χ0) is 13.1. The van der Waals surface area contributed by atoms with Gasteiger partial charge < -0.3 is 20.1 Å². The van der Waals surface area contributed by atoms with Crippen LogP contribution < -0.4 is 15.4 Å². The fourth-order valence-corrected chi connectivity index (χ4v) is 2.50. The highest BCUT2D eigenvalue weighted by Crippen LogP contribution is 2.31. The maximum atomic E-state index is 12.2. The highest BCUT2D eigenvalue weighted by Gasteiger charge is 2.27. The molecule has 102 valence electrons. The number of ether oxygens (including phenoxy) is 2. The second kappa shape index (κ2) is 5.59. The van der Waals surface area contributed by atoms with E-state index in [-0.39, 0.29) is 18.0 Å². The molecule has 0 aromatic heterocycles. The maximum absolute atomic E-state index is 12.2. The molecule has 0 spiro atoms. The van der Waals surface area contributed by atoms with Gasteiger partial charge in [-0.25, -0.2) is 0 Å². The van der Waals surface area contributed by atoms with Crippen molar-refractivity contribution in [3.8, 4) is 5.75 Å². The van der Waals surface area contributed by atoms with Gasteiger partial charge in [-0.15, -0.1) is 0 Å². The van der Waals surface area contributed by atoms with E-state index in [9.17, 15) is 4.79 Å². The average Bonchev–Trinajstić information content (AvgIpc) is 2.48. The lowest BCUT2D eigenvalue weighted by Gasteiger charge is -2.29. The third-order valence-electron chi connectivity index (χ3n) is 3.51. The molecular weight excluding hydrogens is 244 g/mol. The van der Waals surface area contributed by atoms with Crippen molar-refractivity contribution < 1.29 is 14.3 Å². The van der Waals surface area contributed by atoms with Crippen LogP contribution in [-0.2, 0) is 9.53 Å². The molecule has 0 radical (unpaired) electrons. The zero-order valence-corrected chi connectivity index (χ0v) is 10.7. The van der Waals surface area contributed by atoms with E-state index in [1.807, 2.05) is 24.3 Å². The summed E-state index contributed by atoms with van der Waals surface area (Å²) in [6, 6.07) is 7.64. The molecule has 2 heterocycles. The Bertz CT molecular complexity index is 458. The van der Waals surface area contributed by atoms with Crippen molar-refractivity contribution in [3.05, 3.63) is 29.8 Å². The number of amides is 1. The molecule has 1 amide bonds. The van der Waals surface area contributed by atoms with Gasteiger partial charge in [0.25, 0.3) is 0 Å². The third kappa shape index (κ3) is 2.72. The highest BCUT2D eigenvalue weighted by atomic mass is 16.5. The van der Waals surface area contributed by atoms with Crippen LogP contribution in [0.5, 0.6) is 5.75 Å². The fourth-order valence-electron chi connectivity index (χ4n) is 2.50. The van der Waals surface area contributed by atoms with E-state index in [2.05, 4.69) is 10.6 Å². The van der Waals surface area contributed by atoms with E-state index in [1.165, 1.54) is 0 Å². The highest BCUT2D eigenvalue weighted by molar-refractivity contribution is 5.82. The number of hydrogen-bond acceptors (Lipinski definition) is 4. The first-order chi connectivity index (χ1) is 9.34. The molecule has 2 atom stereocenters. The summed E-state index contributed by atoms with van der Waals surface area (Å²) in [5.74, 6) is 0.869. The van der Waals surface area contributed by atoms with Crippen molar-refractivity contribution in [2.45, 2.75) is 18.5 Å². The van der Waals surface area contributed by atoms with Gasteiger partial charge in [0.05, 0.1) is 25.9 Å². The lowest BCUT2D eigenvalue weighted by Crippen LogP contribution is -2.52. The standard InChI is InChI=1S/C14H18N2O3/c17-14(12-9-18-8-6-15-12)16-11-5-7-19-13-4-2-1-3-10(11)13/h1-4,11-12,15H,5-9H2,(H,16,17)/t11-,12-/m0/s1. The molecule has 2 aliphatic rings. The molecule has 0 bridgehead atoms. The monoisotopic (exact) mass is 262 g/mol. The summed E-state index contributed by atoms with van der Waals surface area (Å²) in [5, 5.41) is 6.25. The predicted molar refractivity (Wildman–Crippen MR) is 70.0 cm³/mol. The van der Waals surface area contributed by atoms with Gasteiger partial charge in [0.2, 0.25) is 5.91 Å². The van der Waals surface area contributed by atoms with Gasteiger partial charge in [0, 0.05) is 18.5 Å². The quantitative estimate of drug-likeness (QED) is 0.820. The van der Waals surface area contributed by atoms with Crippen LogP contribution in [0.25, 0.3) is 0 Å². The van der Waals surface area contributed by atoms with Crippen LogP contribution in [0, 0.1) is 0 Å². The first-order valence-corrected chi connectivity index (χ1v) is 6.68. The Balaban J connectivity index is 1.68. The Morgan fingerprint density at radius 1 is 1.32 bits per heavy atom. The van der Waals surface area contributed by atoms with E-state index in [1.54, 1.807) is 0 Å². The number of carbonyl (C=O) groups is 1. The normalized spacial score (nSPS) is 26.1. The minimum Gasteiger partial charge on any atom is -0.493 e. The summed E-state index contributed by atoms with van der Waals surface area (Å²) in [6.45, 7) is 2.47. The largest absolute Gasteiger partial charge is 0.493 e. The number of para-hydroxylation sites is 1. The minimum atomic E-state index is -0.247. The van der Waals surface area contributed by atoms with Gasteiger partial charge in [-0.3, -0.25) is 4.79 Å². The summed E-state index contributed by atoms with van der Waals surface area (Å²) < 4.78 is 10.9. The molecule has 1 fully saturated rings. The number of fused-ring (bicyclic) bond motifs is 1. The summed E-state index contributed by atoms with van der Waals surface area (Å²) >= 11 is 0. The van der Waals surface area contributed by atoms with Crippen molar-refractivity contribution in [1.82, 2.24) is 10.6 Å². The van der Waals surface area contributed by atoms with E-state index >= 15 is 0 Å². The molecule has 0 aliphatic carbocycles. The predicted octanol–water partition coefficient (Wildman–Crippen LogP) is 0.615. The Kier molecular flexibility index (Phi) is 3.66. The molecule has 1 aromatic carbocycles. The van der Waals surface area contributed by atoms with Gasteiger partial charge >= 0.3 is 0 Å². The number of morpholine rings is 1. The van der Waals surface area contributed by atoms with Crippen molar-refractivity contribution in [1.29, 1.82) is 0 Å². The maximum Gasteiger partial charge on any atom is 0.240 e. The Hall–Kier alpha value is -1.59. The number of rotatable bonds is 2. The van der Waals surface area contributed by atoms with Crippen molar-refractivity contribution in [2.24, 2.45) is 0 Å². The van der Waals surface area contributed by atoms with Crippen LogP contribution in [0.2, 0.25) is 0 Å². The number of benzene rings is 1. The van der Waals surface area contributed by atoms with Crippen molar-refractivity contribution in [3.63, 3.8) is 0 Å². The molecule has 1 aromatic rings. The van der Waals surface area contributed by atoms with Crippen LogP contribution in [0.4, 0.5) is 0 Å². The van der Waals surface area contributed by atoms with E-state index in [0.29, 0.717) is 19.8 Å². The van der Waals surface area contributed by atoms with E-state index < -0.39 is 0 Å². The van der Waals surface area contributed by atoms with Gasteiger partial charge in [-0.1, -0.05) is 18.2 Å². The smallest absolute Gasteiger partial charge is 0.240 e. The van der Waals surface area contributed by atoms with Gasteiger partial charge in [-0.2, -0.15) is 0 Å². The molecule has 2 aliphatic heterocycles. The summed E-state index contributed by atoms with van der Waals surface area (Å²) in [5.41, 5.74) is 1.05. The molecule has 2 N–H and O–H groups in total. The van der Waals surface area contributed by atoms with Crippen LogP contribution in [0.1, 0.15) is 18.0 Å². The van der Waals surface area contributed by atoms with Crippen LogP contribution in [-0.4, -0.2) is 38.3 Å². The lowest BCUT2D eigenvalue weighted by atomic mass is 10.00. The second-order valence-corrected chi connectivity index (χ2v) is 4.82. The first kappa shape index (κ1) is 12.4. The molecule has 5 heteroatoms. The van der Waals surface area contributed by atoms with Crippen molar-refractivity contribution in [2.75, 3.05) is 26.4 Å². The Morgan fingerprint density at radius 2 is 2.21 bits per heavy atom. The van der Waals surface area contributed by atoms with Gasteiger partial charge in [-0.05, 0) is 6.07 Å². The van der Waals surface area contributed by atoms with Gasteiger partial charge in [0.1, 0.15) is 11.8 Å². The van der Waals surface area contributed by atoms with Crippen LogP contribution >= 0.6 is 0 Å². The Labute approximate surface area is 112 Å². The summed E-state index contributed by atoms with van der Waals surface area (Å²) in [6.07, 6.45) is 0.802. The second-order valence-electron chi connectivity index (χ2n) is 4.82. The third-order valence-corrected chi connectivity index (χ3v) is 3.51. The summed E-state index contributed by atoms with van der Waals surface area (Å²) in [4.78, 5) is 12.2. The summed E-state index contributed by atoms with van der Waals surface area (Å²) in [7, 11) is 0. The molecule has 0 saturated carbocycles. The molecule has 19 heavy (non-hydrogen) atoms. The lowest BCUT2D eigenvalue weighted by molar-refractivity contribution is -0.126. The molecule has 1 saturated heterocycles. The van der Waals surface area contributed by atoms with E-state index in [0.717, 1.165) is 24.3 Å². The molecule has 3 rings (SSSR count). The average molecular weight is 262 g/mol. The first-order valence-electron chi connectivity index (χ1n) is 6.68. The van der Waals surface area contributed by atoms with Crippen molar-refractivity contribution >= 4 is 5.91 Å². The van der Waals surface area contributed by atoms with Gasteiger partial charge in [0.15, 0.2) is 0 Å². The molecular formula is C14H18N2O3. The molecule has 0 unspecified atom stereocenters. The number of carbonyl (C=O) groups excluding carboxylic acids is 1. The fraction of sp³-hybridized carbons (Fsp3) is 0.500.